The van der Waals surface area contributed by atoms with Crippen molar-refractivity contribution in [2.75, 3.05) is 32.7 Å². The van der Waals surface area contributed by atoms with Gasteiger partial charge >= 0.3 is 12.1 Å². The van der Waals surface area contributed by atoms with Crippen molar-refractivity contribution in [3.05, 3.63) is 34.4 Å². The first kappa shape index (κ1) is 22.1. The van der Waals surface area contributed by atoms with Gasteiger partial charge in [0.2, 0.25) is 0 Å². The quantitative estimate of drug-likeness (QED) is 0.741. The molecule has 2 saturated heterocycles. The molecule has 4 rings (SSSR count). The molecule has 1 aromatic rings. The summed E-state index contributed by atoms with van der Waals surface area (Å²) in [5.41, 5.74) is 2.88. The van der Waals surface area contributed by atoms with Crippen LogP contribution in [0.25, 0.3) is 0 Å². The highest BCUT2D eigenvalue weighted by Crippen LogP contribution is 2.40. The van der Waals surface area contributed by atoms with Crippen molar-refractivity contribution in [2.45, 2.75) is 65.3 Å². The zero-order chi connectivity index (χ0) is 22.4. The van der Waals surface area contributed by atoms with Gasteiger partial charge in [-0.25, -0.2) is 9.59 Å². The number of amides is 1. The Morgan fingerprint density at radius 3 is 2.77 bits per heavy atom. The van der Waals surface area contributed by atoms with E-state index in [-0.39, 0.29) is 24.1 Å². The van der Waals surface area contributed by atoms with E-state index in [0.29, 0.717) is 18.7 Å². The zero-order valence-electron chi connectivity index (χ0n) is 19.1. The SMILES string of the molecule is Cc1c([C@@H](O)CN2CCC3(CCCN(C(=O)OC(C)(C)C)C3)C2)ccc2c1COC2=O. The highest BCUT2D eigenvalue weighted by Gasteiger charge is 2.43. The molecule has 0 bridgehead atoms. The fourth-order valence-corrected chi connectivity index (χ4v) is 5.28. The van der Waals surface area contributed by atoms with Gasteiger partial charge in [-0.2, -0.15) is 0 Å². The minimum Gasteiger partial charge on any atom is -0.457 e. The number of likely N-dealkylation sites (tertiary alicyclic amines) is 2. The summed E-state index contributed by atoms with van der Waals surface area (Å²) in [5, 5.41) is 11.0. The molecule has 7 heteroatoms. The summed E-state index contributed by atoms with van der Waals surface area (Å²) in [6.45, 7) is 11.7. The van der Waals surface area contributed by atoms with Crippen LogP contribution in [0.2, 0.25) is 0 Å². The lowest BCUT2D eigenvalue weighted by Gasteiger charge is -2.41. The van der Waals surface area contributed by atoms with Gasteiger partial charge < -0.3 is 19.5 Å². The van der Waals surface area contributed by atoms with Gasteiger partial charge in [-0.3, -0.25) is 4.90 Å². The summed E-state index contributed by atoms with van der Waals surface area (Å²) in [5.74, 6) is -0.285. The molecule has 0 saturated carbocycles. The zero-order valence-corrected chi connectivity index (χ0v) is 19.1. The first-order valence-corrected chi connectivity index (χ1v) is 11.2. The number of aliphatic hydroxyl groups is 1. The van der Waals surface area contributed by atoms with Crippen LogP contribution in [0.4, 0.5) is 4.79 Å². The largest absolute Gasteiger partial charge is 0.457 e. The molecule has 3 aliphatic heterocycles. The predicted molar refractivity (Wildman–Crippen MR) is 116 cm³/mol. The summed E-state index contributed by atoms with van der Waals surface area (Å²) >= 11 is 0. The Balaban J connectivity index is 1.39. The van der Waals surface area contributed by atoms with Crippen LogP contribution < -0.4 is 0 Å². The average molecular weight is 431 g/mol. The third kappa shape index (κ3) is 4.58. The number of nitrogens with zero attached hydrogens (tertiary/aromatic N) is 2. The number of hydrogen-bond donors (Lipinski definition) is 1. The predicted octanol–water partition coefficient (Wildman–Crippen LogP) is 3.42. The number of carbonyl (C=O) groups excluding carboxylic acids is 2. The van der Waals surface area contributed by atoms with Crippen molar-refractivity contribution < 1.29 is 24.2 Å². The minimum atomic E-state index is -0.623. The molecule has 1 spiro atoms. The van der Waals surface area contributed by atoms with Crippen LogP contribution in [0.15, 0.2) is 12.1 Å². The van der Waals surface area contributed by atoms with Gasteiger partial charge in [0.05, 0.1) is 11.7 Å². The second-order valence-corrected chi connectivity index (χ2v) is 10.4. The van der Waals surface area contributed by atoms with Crippen LogP contribution in [-0.4, -0.2) is 65.3 Å². The van der Waals surface area contributed by atoms with E-state index in [2.05, 4.69) is 4.90 Å². The lowest BCUT2D eigenvalue weighted by atomic mass is 9.79. The number of ether oxygens (including phenoxy) is 2. The molecule has 3 aliphatic rings. The van der Waals surface area contributed by atoms with Gasteiger partial charge in [0.25, 0.3) is 0 Å². The van der Waals surface area contributed by atoms with Crippen LogP contribution in [-0.2, 0) is 16.1 Å². The molecule has 0 aromatic heterocycles. The van der Waals surface area contributed by atoms with Crippen molar-refractivity contribution in [1.82, 2.24) is 9.80 Å². The van der Waals surface area contributed by atoms with Gasteiger partial charge in [-0.1, -0.05) is 6.07 Å². The molecule has 1 unspecified atom stereocenters. The highest BCUT2D eigenvalue weighted by molar-refractivity contribution is 5.93. The maximum atomic E-state index is 12.6. The Morgan fingerprint density at radius 1 is 1.26 bits per heavy atom. The molecule has 2 fully saturated rings. The second kappa shape index (κ2) is 8.10. The Bertz CT molecular complexity index is 877. The Labute approximate surface area is 184 Å². The highest BCUT2D eigenvalue weighted by atomic mass is 16.6. The van der Waals surface area contributed by atoms with Crippen molar-refractivity contribution in [2.24, 2.45) is 5.41 Å². The Kier molecular flexibility index (Phi) is 5.77. The van der Waals surface area contributed by atoms with Crippen LogP contribution in [0.1, 0.15) is 73.2 Å². The molecule has 0 aliphatic carbocycles. The number of fused-ring (bicyclic) bond motifs is 1. The minimum absolute atomic E-state index is 0.0715. The van der Waals surface area contributed by atoms with Gasteiger partial charge in [0.15, 0.2) is 0 Å². The van der Waals surface area contributed by atoms with Gasteiger partial charge in [-0.05, 0) is 70.7 Å². The number of aliphatic hydroxyl groups excluding tert-OH is 1. The topological polar surface area (TPSA) is 79.3 Å². The van der Waals surface area contributed by atoms with Crippen molar-refractivity contribution in [3.8, 4) is 0 Å². The number of piperidine rings is 1. The van der Waals surface area contributed by atoms with E-state index in [9.17, 15) is 14.7 Å². The molecular weight excluding hydrogens is 396 g/mol. The number of hydrogen-bond acceptors (Lipinski definition) is 6. The molecular formula is C24H34N2O5. The first-order chi connectivity index (χ1) is 14.6. The number of benzene rings is 1. The number of esters is 1. The van der Waals surface area contributed by atoms with E-state index in [1.807, 2.05) is 38.7 Å². The monoisotopic (exact) mass is 430 g/mol. The van der Waals surface area contributed by atoms with E-state index < -0.39 is 11.7 Å². The fourth-order valence-electron chi connectivity index (χ4n) is 5.28. The molecule has 1 aromatic carbocycles. The van der Waals surface area contributed by atoms with E-state index >= 15 is 0 Å². The van der Waals surface area contributed by atoms with Crippen LogP contribution in [0.5, 0.6) is 0 Å². The number of rotatable bonds is 3. The summed E-state index contributed by atoms with van der Waals surface area (Å²) < 4.78 is 10.7. The van der Waals surface area contributed by atoms with Gasteiger partial charge in [0.1, 0.15) is 12.2 Å². The van der Waals surface area contributed by atoms with Crippen molar-refractivity contribution in [3.63, 3.8) is 0 Å². The molecule has 7 nitrogen and oxygen atoms in total. The molecule has 0 radical (unpaired) electrons. The van der Waals surface area contributed by atoms with Gasteiger partial charge in [0, 0.05) is 37.2 Å². The van der Waals surface area contributed by atoms with E-state index in [1.54, 1.807) is 6.07 Å². The maximum Gasteiger partial charge on any atom is 0.410 e. The van der Waals surface area contributed by atoms with Crippen molar-refractivity contribution >= 4 is 12.1 Å². The fraction of sp³-hybridized carbons (Fsp3) is 0.667. The molecule has 3 heterocycles. The number of carbonyl (C=O) groups is 2. The maximum absolute atomic E-state index is 12.6. The smallest absolute Gasteiger partial charge is 0.410 e. The molecule has 2 atom stereocenters. The molecule has 31 heavy (non-hydrogen) atoms. The summed E-state index contributed by atoms with van der Waals surface area (Å²) in [4.78, 5) is 28.5. The lowest BCUT2D eigenvalue weighted by Crippen LogP contribution is -2.49. The summed E-state index contributed by atoms with van der Waals surface area (Å²) in [6.07, 6.45) is 2.24. The first-order valence-electron chi connectivity index (χ1n) is 11.2. The third-order valence-corrected chi connectivity index (χ3v) is 6.83. The number of cyclic esters (lactones) is 1. The molecule has 1 amide bonds. The lowest BCUT2D eigenvalue weighted by molar-refractivity contribution is 0.00465. The Hall–Kier alpha value is -2.12. The normalized spacial score (nSPS) is 24.9. The van der Waals surface area contributed by atoms with Crippen LogP contribution in [0.3, 0.4) is 0 Å². The summed E-state index contributed by atoms with van der Waals surface area (Å²) in [6, 6.07) is 3.61. The third-order valence-electron chi connectivity index (χ3n) is 6.83. The molecule has 170 valence electrons. The van der Waals surface area contributed by atoms with Crippen LogP contribution >= 0.6 is 0 Å². The Morgan fingerprint density at radius 2 is 2.03 bits per heavy atom. The van der Waals surface area contributed by atoms with Crippen molar-refractivity contribution in [1.29, 1.82) is 0 Å². The van der Waals surface area contributed by atoms with E-state index in [4.69, 9.17) is 9.47 Å². The number of β-amino-alcohol motifs (C(OH)–C–C–N with tert-alkyl or cyclic N) is 1. The second-order valence-electron chi connectivity index (χ2n) is 10.4. The van der Waals surface area contributed by atoms with E-state index in [1.165, 1.54) is 0 Å². The average Bonchev–Trinajstić information content (AvgIpc) is 3.25. The van der Waals surface area contributed by atoms with Crippen LogP contribution in [0, 0.1) is 12.3 Å². The molecule has 1 N–H and O–H groups in total. The standard InChI is InChI=1S/C24H34N2O5/c1-16-17(6-7-18-19(16)13-30-21(18)28)20(27)12-25-11-9-24(14-25)8-5-10-26(15-24)22(29)31-23(2,3)4/h6-7,20,27H,5,8-15H2,1-4H3/t20-,24?/m0/s1. The van der Waals surface area contributed by atoms with E-state index in [0.717, 1.165) is 55.6 Å². The van der Waals surface area contributed by atoms with Gasteiger partial charge in [-0.15, -0.1) is 0 Å². The summed E-state index contributed by atoms with van der Waals surface area (Å²) in [7, 11) is 0.